The number of fused-ring (bicyclic) bond motifs is 1. The molecule has 0 radical (unpaired) electrons. The van der Waals surface area contributed by atoms with Crippen molar-refractivity contribution in [2.24, 2.45) is 0 Å². The molecule has 2 aromatic rings. The average molecular weight is 465 g/mol. The van der Waals surface area contributed by atoms with E-state index in [2.05, 4.69) is 5.32 Å². The van der Waals surface area contributed by atoms with Crippen LogP contribution in [0, 0.1) is 13.8 Å². The van der Waals surface area contributed by atoms with Crippen molar-refractivity contribution < 1.29 is 22.7 Å². The summed E-state index contributed by atoms with van der Waals surface area (Å²) in [6.07, 6.45) is 4.72. The Morgan fingerprint density at radius 2 is 1.87 bits per heavy atom. The van der Waals surface area contributed by atoms with Gasteiger partial charge in [-0.3, -0.25) is 9.10 Å². The second-order valence-electron chi connectivity index (χ2n) is 7.92. The molecule has 1 N–H and O–H groups in total. The number of esters is 1. The Morgan fingerprint density at radius 1 is 1.19 bits per heavy atom. The number of hydrogen-bond donors (Lipinski definition) is 1. The molecule has 7 nitrogen and oxygen atoms in total. The molecule has 0 spiro atoms. The number of anilines is 2. The van der Waals surface area contributed by atoms with Gasteiger partial charge in [0.05, 0.1) is 24.6 Å². The zero-order valence-electron chi connectivity index (χ0n) is 18.4. The van der Waals surface area contributed by atoms with Gasteiger partial charge in [-0.25, -0.2) is 13.2 Å². The summed E-state index contributed by atoms with van der Waals surface area (Å²) in [6, 6.07) is 4.46. The van der Waals surface area contributed by atoms with Crippen LogP contribution in [-0.2, 0) is 32.4 Å². The van der Waals surface area contributed by atoms with Crippen LogP contribution in [0.25, 0.3) is 0 Å². The highest BCUT2D eigenvalue weighted by atomic mass is 32.2. The van der Waals surface area contributed by atoms with Gasteiger partial charge in [-0.15, -0.1) is 11.3 Å². The van der Waals surface area contributed by atoms with Gasteiger partial charge in [-0.2, -0.15) is 0 Å². The summed E-state index contributed by atoms with van der Waals surface area (Å²) in [6.45, 7) is 5.22. The lowest BCUT2D eigenvalue weighted by Gasteiger charge is -2.29. The third kappa shape index (κ3) is 4.77. The fraction of sp³-hybridized carbons (Fsp3) is 0.455. The molecule has 1 amide bonds. The number of benzene rings is 1. The van der Waals surface area contributed by atoms with E-state index in [4.69, 9.17) is 4.74 Å². The Hall–Kier alpha value is -2.39. The molecule has 1 aliphatic carbocycles. The fourth-order valence-corrected chi connectivity index (χ4v) is 6.43. The Bertz CT molecular complexity index is 1120. The summed E-state index contributed by atoms with van der Waals surface area (Å²) >= 11 is 1.37. The van der Waals surface area contributed by atoms with Crippen molar-refractivity contribution in [1.82, 2.24) is 0 Å². The molecule has 1 heterocycles. The van der Waals surface area contributed by atoms with E-state index in [0.717, 1.165) is 57.8 Å². The molecule has 31 heavy (non-hydrogen) atoms. The minimum Gasteiger partial charge on any atom is -0.465 e. The summed E-state index contributed by atoms with van der Waals surface area (Å²) in [4.78, 5) is 26.7. The van der Waals surface area contributed by atoms with Crippen molar-refractivity contribution >= 4 is 43.9 Å². The van der Waals surface area contributed by atoms with Gasteiger partial charge in [0, 0.05) is 4.88 Å². The van der Waals surface area contributed by atoms with Crippen molar-refractivity contribution in [3.8, 4) is 0 Å². The number of thiophene rings is 1. The van der Waals surface area contributed by atoms with E-state index < -0.39 is 27.9 Å². The second-order valence-corrected chi connectivity index (χ2v) is 10.9. The first-order valence-corrected chi connectivity index (χ1v) is 12.8. The van der Waals surface area contributed by atoms with Crippen LogP contribution >= 0.6 is 11.3 Å². The molecular weight excluding hydrogens is 436 g/mol. The average Bonchev–Trinajstić information content (AvgIpc) is 3.06. The van der Waals surface area contributed by atoms with Gasteiger partial charge >= 0.3 is 5.97 Å². The first-order valence-electron chi connectivity index (χ1n) is 10.1. The first kappa shape index (κ1) is 23.3. The molecule has 168 valence electrons. The van der Waals surface area contributed by atoms with E-state index >= 15 is 0 Å². The number of rotatable bonds is 6. The standard InChI is InChI=1S/C22H28N2O5S2/c1-13-10-11-14(2)17(12-13)24(31(5,27)28)15(3)20(25)23-21-19(22(26)29-4)16-8-6-7-9-18(16)30-21/h10-12,15H,6-9H2,1-5H3,(H,23,25). The highest BCUT2D eigenvalue weighted by Crippen LogP contribution is 2.39. The Kier molecular flexibility index (Phi) is 6.76. The number of methoxy groups -OCH3 is 1. The normalized spacial score (nSPS) is 14.5. The van der Waals surface area contributed by atoms with Crippen molar-refractivity contribution in [3.63, 3.8) is 0 Å². The van der Waals surface area contributed by atoms with Gasteiger partial charge in [0.2, 0.25) is 15.9 Å². The number of carbonyl (C=O) groups is 2. The van der Waals surface area contributed by atoms with E-state index in [0.29, 0.717) is 16.3 Å². The van der Waals surface area contributed by atoms with Gasteiger partial charge in [-0.1, -0.05) is 12.1 Å². The fourth-order valence-electron chi connectivity index (χ4n) is 3.93. The van der Waals surface area contributed by atoms with Gasteiger partial charge in [0.25, 0.3) is 0 Å². The number of nitrogens with zero attached hydrogens (tertiary/aromatic N) is 1. The lowest BCUT2D eigenvalue weighted by molar-refractivity contribution is -0.116. The van der Waals surface area contributed by atoms with E-state index in [-0.39, 0.29) is 0 Å². The van der Waals surface area contributed by atoms with Crippen molar-refractivity contribution in [1.29, 1.82) is 0 Å². The maximum atomic E-state index is 13.2. The number of hydrogen-bond acceptors (Lipinski definition) is 6. The largest absolute Gasteiger partial charge is 0.465 e. The molecule has 9 heteroatoms. The number of aryl methyl sites for hydroxylation is 3. The predicted octanol–water partition coefficient (Wildman–Crippen LogP) is 3.82. The summed E-state index contributed by atoms with van der Waals surface area (Å²) in [7, 11) is -2.43. The van der Waals surface area contributed by atoms with Crippen LogP contribution in [-0.4, -0.2) is 39.7 Å². The number of carbonyl (C=O) groups excluding carboxylic acids is 2. The van der Waals surface area contributed by atoms with Crippen molar-refractivity contribution in [2.45, 2.75) is 52.5 Å². The smallest absolute Gasteiger partial charge is 0.341 e. The summed E-state index contributed by atoms with van der Waals surface area (Å²) in [5.74, 6) is -0.994. The van der Waals surface area contributed by atoms with E-state index in [1.54, 1.807) is 19.9 Å². The number of amides is 1. The van der Waals surface area contributed by atoms with Gasteiger partial charge in [0.1, 0.15) is 11.0 Å². The molecule has 1 aliphatic rings. The quantitative estimate of drug-likeness (QED) is 0.656. The lowest BCUT2D eigenvalue weighted by Crippen LogP contribution is -2.45. The van der Waals surface area contributed by atoms with Crippen LogP contribution in [0.3, 0.4) is 0 Å². The minimum atomic E-state index is -3.74. The molecule has 0 saturated heterocycles. The SMILES string of the molecule is COC(=O)c1c(NC(=O)C(C)N(c2cc(C)ccc2C)S(C)(=O)=O)sc2c1CCCC2. The molecular formula is C22H28N2O5S2. The van der Waals surface area contributed by atoms with Gasteiger partial charge in [-0.05, 0) is 69.2 Å². The zero-order valence-corrected chi connectivity index (χ0v) is 20.1. The van der Waals surface area contributed by atoms with Gasteiger partial charge in [0.15, 0.2) is 0 Å². The highest BCUT2D eigenvalue weighted by Gasteiger charge is 2.33. The van der Waals surface area contributed by atoms with Crippen LogP contribution < -0.4 is 9.62 Å². The molecule has 1 aromatic carbocycles. The molecule has 3 rings (SSSR count). The minimum absolute atomic E-state index is 0.389. The molecule has 0 aliphatic heterocycles. The molecule has 1 aromatic heterocycles. The maximum Gasteiger partial charge on any atom is 0.341 e. The Balaban J connectivity index is 1.98. The monoisotopic (exact) mass is 464 g/mol. The van der Waals surface area contributed by atoms with Crippen molar-refractivity contribution in [2.75, 3.05) is 23.0 Å². The van der Waals surface area contributed by atoms with E-state index in [9.17, 15) is 18.0 Å². The molecule has 0 fully saturated rings. The van der Waals surface area contributed by atoms with Crippen LogP contribution in [0.15, 0.2) is 18.2 Å². The summed E-state index contributed by atoms with van der Waals surface area (Å²) in [5.41, 5.74) is 3.42. The zero-order chi connectivity index (χ0) is 22.9. The predicted molar refractivity (Wildman–Crippen MR) is 124 cm³/mol. The number of ether oxygens (including phenoxy) is 1. The summed E-state index contributed by atoms with van der Waals surface area (Å²) < 4.78 is 31.4. The van der Waals surface area contributed by atoms with Crippen molar-refractivity contribution in [3.05, 3.63) is 45.3 Å². The first-order chi connectivity index (χ1) is 14.5. The molecule has 0 saturated carbocycles. The topological polar surface area (TPSA) is 92.8 Å². The molecule has 0 bridgehead atoms. The molecule has 1 unspecified atom stereocenters. The maximum absolute atomic E-state index is 13.2. The molecule has 1 atom stereocenters. The highest BCUT2D eigenvalue weighted by molar-refractivity contribution is 7.92. The Morgan fingerprint density at radius 3 is 2.52 bits per heavy atom. The second kappa shape index (κ2) is 9.00. The summed E-state index contributed by atoms with van der Waals surface area (Å²) in [5, 5.41) is 3.23. The van der Waals surface area contributed by atoms with Crippen LogP contribution in [0.1, 0.15) is 51.7 Å². The lowest BCUT2D eigenvalue weighted by atomic mass is 9.95. The van der Waals surface area contributed by atoms with Crippen LogP contribution in [0.5, 0.6) is 0 Å². The van der Waals surface area contributed by atoms with E-state index in [1.165, 1.54) is 18.4 Å². The number of sulfonamides is 1. The van der Waals surface area contributed by atoms with Crippen LogP contribution in [0.4, 0.5) is 10.7 Å². The van der Waals surface area contributed by atoms with E-state index in [1.807, 2.05) is 19.1 Å². The Labute approximate surface area is 187 Å². The van der Waals surface area contributed by atoms with Gasteiger partial charge < -0.3 is 10.1 Å². The third-order valence-corrected chi connectivity index (χ3v) is 7.92. The third-order valence-electron chi connectivity index (χ3n) is 5.49. The van der Waals surface area contributed by atoms with Crippen LogP contribution in [0.2, 0.25) is 0 Å². The number of nitrogens with one attached hydrogen (secondary N) is 1.